The fourth-order valence-corrected chi connectivity index (χ4v) is 5.27. The smallest absolute Gasteiger partial charge is 0.228 e. The van der Waals surface area contributed by atoms with Crippen molar-refractivity contribution in [2.45, 2.75) is 13.0 Å². The van der Waals surface area contributed by atoms with Gasteiger partial charge in [-0.05, 0) is 29.8 Å². The first-order valence-electron chi connectivity index (χ1n) is 10.8. The van der Waals surface area contributed by atoms with Gasteiger partial charge in [-0.1, -0.05) is 23.5 Å². The van der Waals surface area contributed by atoms with Crippen molar-refractivity contribution < 1.29 is 14.3 Å². The molecule has 0 N–H and O–H groups in total. The Bertz CT molecular complexity index is 1090. The van der Waals surface area contributed by atoms with Gasteiger partial charge in [-0.15, -0.1) is 0 Å². The molecular weight excluding hydrogens is 426 g/mol. The molecule has 8 nitrogen and oxygen atoms in total. The zero-order valence-corrected chi connectivity index (χ0v) is 18.8. The topological polar surface area (TPSA) is 78.9 Å². The summed E-state index contributed by atoms with van der Waals surface area (Å²) in [5.41, 5.74) is 1.94. The molecule has 9 heteroatoms. The normalized spacial score (nSPS) is 19.1. The van der Waals surface area contributed by atoms with Crippen molar-refractivity contribution in [3.63, 3.8) is 0 Å². The van der Waals surface area contributed by atoms with Crippen molar-refractivity contribution in [2.75, 3.05) is 44.7 Å². The lowest BCUT2D eigenvalue weighted by Gasteiger charge is -2.35. The summed E-state index contributed by atoms with van der Waals surface area (Å²) in [4.78, 5) is 41.5. The van der Waals surface area contributed by atoms with E-state index in [-0.39, 0.29) is 17.7 Å². The maximum absolute atomic E-state index is 13.1. The molecule has 2 saturated heterocycles. The predicted octanol–water partition coefficient (Wildman–Crippen LogP) is 2.40. The van der Waals surface area contributed by atoms with E-state index >= 15 is 0 Å². The third kappa shape index (κ3) is 4.12. The van der Waals surface area contributed by atoms with E-state index in [0.29, 0.717) is 32.6 Å². The van der Waals surface area contributed by atoms with Crippen molar-refractivity contribution >= 4 is 38.6 Å². The lowest BCUT2D eigenvalue weighted by Crippen LogP contribution is -2.50. The molecule has 0 bridgehead atoms. The summed E-state index contributed by atoms with van der Waals surface area (Å²) in [6, 6.07) is 11.6. The molecule has 1 aromatic carbocycles. The number of pyridine rings is 1. The molecule has 32 heavy (non-hydrogen) atoms. The number of anilines is 1. The minimum Gasteiger partial charge on any atom is -0.497 e. The van der Waals surface area contributed by atoms with Crippen molar-refractivity contribution in [1.29, 1.82) is 0 Å². The number of nitrogens with zero attached hydrogens (tertiary/aromatic N) is 5. The second-order valence-electron chi connectivity index (χ2n) is 8.16. The second kappa shape index (κ2) is 8.74. The van der Waals surface area contributed by atoms with Gasteiger partial charge in [0.25, 0.3) is 0 Å². The molecule has 0 spiro atoms. The second-order valence-corrected chi connectivity index (χ2v) is 9.12. The first-order valence-corrected chi connectivity index (χ1v) is 11.6. The highest BCUT2D eigenvalue weighted by atomic mass is 32.1. The Labute approximate surface area is 190 Å². The van der Waals surface area contributed by atoms with E-state index in [0.717, 1.165) is 39.9 Å². The molecule has 0 saturated carbocycles. The Kier molecular flexibility index (Phi) is 5.65. The molecule has 0 aliphatic carbocycles. The van der Waals surface area contributed by atoms with E-state index in [1.165, 1.54) is 0 Å². The quantitative estimate of drug-likeness (QED) is 0.593. The fraction of sp³-hybridized carbons (Fsp3) is 0.391. The molecule has 2 aliphatic heterocycles. The Morgan fingerprint density at radius 3 is 2.66 bits per heavy atom. The third-order valence-corrected chi connectivity index (χ3v) is 7.15. The maximum Gasteiger partial charge on any atom is 0.228 e. The Morgan fingerprint density at radius 2 is 1.94 bits per heavy atom. The van der Waals surface area contributed by atoms with E-state index in [9.17, 15) is 9.59 Å². The highest BCUT2D eigenvalue weighted by Gasteiger charge is 2.37. The minimum atomic E-state index is -0.265. The van der Waals surface area contributed by atoms with Crippen LogP contribution in [-0.4, -0.2) is 71.4 Å². The van der Waals surface area contributed by atoms with Crippen LogP contribution < -0.4 is 9.64 Å². The number of methoxy groups -OCH3 is 1. The number of likely N-dealkylation sites (tertiary alicyclic amines) is 1. The number of thiazole rings is 1. The standard InChI is InChI=1S/C23H25N5O3S/c1-31-18-6-4-16(5-7-18)14-28-15-17(13-20(28)29)22(30)26-9-11-27(12-10-26)23-25-19-3-2-8-24-21(19)32-23/h2-8,17H,9-15H2,1H3/t17-/m0/s1. The molecule has 0 radical (unpaired) electrons. The van der Waals surface area contributed by atoms with Gasteiger partial charge in [0.2, 0.25) is 11.8 Å². The summed E-state index contributed by atoms with van der Waals surface area (Å²) in [5, 5.41) is 0.951. The van der Waals surface area contributed by atoms with Crippen LogP contribution in [0.4, 0.5) is 5.13 Å². The number of hydrogen-bond acceptors (Lipinski definition) is 7. The summed E-state index contributed by atoms with van der Waals surface area (Å²) >= 11 is 1.58. The van der Waals surface area contributed by atoms with Gasteiger partial charge in [-0.2, -0.15) is 0 Å². The van der Waals surface area contributed by atoms with Crippen molar-refractivity contribution in [1.82, 2.24) is 19.8 Å². The van der Waals surface area contributed by atoms with Crippen LogP contribution in [-0.2, 0) is 16.1 Å². The number of carbonyl (C=O) groups excluding carboxylic acids is 2. The third-order valence-electron chi connectivity index (χ3n) is 6.11. The van der Waals surface area contributed by atoms with Gasteiger partial charge in [-0.25, -0.2) is 9.97 Å². The molecule has 5 rings (SSSR count). The molecule has 166 valence electrons. The average Bonchev–Trinajstić information content (AvgIpc) is 3.43. The zero-order chi connectivity index (χ0) is 22.1. The lowest BCUT2D eigenvalue weighted by atomic mass is 10.1. The first-order chi connectivity index (χ1) is 15.6. The van der Waals surface area contributed by atoms with Crippen LogP contribution in [0, 0.1) is 5.92 Å². The molecule has 2 amide bonds. The Hall–Kier alpha value is -3.20. The van der Waals surface area contributed by atoms with Crippen LogP contribution in [0.5, 0.6) is 5.75 Å². The van der Waals surface area contributed by atoms with Crippen LogP contribution in [0.25, 0.3) is 10.3 Å². The number of rotatable bonds is 5. The van der Waals surface area contributed by atoms with Crippen LogP contribution in [0.2, 0.25) is 0 Å². The first kappa shape index (κ1) is 20.7. The minimum absolute atomic E-state index is 0.0415. The van der Waals surface area contributed by atoms with Crippen LogP contribution >= 0.6 is 11.3 Å². The van der Waals surface area contributed by atoms with E-state index < -0.39 is 0 Å². The number of fused-ring (bicyclic) bond motifs is 1. The predicted molar refractivity (Wildman–Crippen MR) is 123 cm³/mol. The number of carbonyl (C=O) groups is 2. The number of benzene rings is 1. The number of piperazine rings is 1. The average molecular weight is 452 g/mol. The van der Waals surface area contributed by atoms with E-state index in [2.05, 4.69) is 14.9 Å². The monoisotopic (exact) mass is 451 g/mol. The largest absolute Gasteiger partial charge is 0.497 e. The van der Waals surface area contributed by atoms with Gasteiger partial charge in [0.1, 0.15) is 16.1 Å². The number of ether oxygens (including phenoxy) is 1. The lowest BCUT2D eigenvalue weighted by molar-refractivity contribution is -0.136. The van der Waals surface area contributed by atoms with Crippen LogP contribution in [0.1, 0.15) is 12.0 Å². The highest BCUT2D eigenvalue weighted by Crippen LogP contribution is 2.28. The summed E-state index contributed by atoms with van der Waals surface area (Å²) in [6.07, 6.45) is 2.07. The van der Waals surface area contributed by atoms with Crippen molar-refractivity contribution in [3.8, 4) is 5.75 Å². The maximum atomic E-state index is 13.1. The summed E-state index contributed by atoms with van der Waals surface area (Å²) in [7, 11) is 1.63. The van der Waals surface area contributed by atoms with Crippen molar-refractivity contribution in [2.24, 2.45) is 5.92 Å². The SMILES string of the molecule is COc1ccc(CN2C[C@@H](C(=O)N3CCN(c4nc5cccnc5s4)CC3)CC2=O)cc1. The Balaban J connectivity index is 1.16. The van der Waals surface area contributed by atoms with E-state index in [1.807, 2.05) is 41.3 Å². The number of hydrogen-bond donors (Lipinski definition) is 0. The van der Waals surface area contributed by atoms with Gasteiger partial charge in [0, 0.05) is 51.9 Å². The van der Waals surface area contributed by atoms with Gasteiger partial charge in [0.05, 0.1) is 13.0 Å². The molecule has 1 atom stereocenters. The highest BCUT2D eigenvalue weighted by molar-refractivity contribution is 7.21. The molecule has 3 aromatic rings. The van der Waals surface area contributed by atoms with Gasteiger partial charge >= 0.3 is 0 Å². The van der Waals surface area contributed by atoms with Crippen molar-refractivity contribution in [3.05, 3.63) is 48.2 Å². The summed E-state index contributed by atoms with van der Waals surface area (Å²) in [5.74, 6) is 0.649. The Morgan fingerprint density at radius 1 is 1.16 bits per heavy atom. The fourth-order valence-electron chi connectivity index (χ4n) is 4.31. The molecule has 0 unspecified atom stereocenters. The zero-order valence-electron chi connectivity index (χ0n) is 17.9. The summed E-state index contributed by atoms with van der Waals surface area (Å²) in [6.45, 7) is 3.76. The molecule has 2 aliphatic rings. The number of aromatic nitrogens is 2. The van der Waals surface area contributed by atoms with E-state index in [1.54, 1.807) is 29.5 Å². The van der Waals surface area contributed by atoms with Crippen LogP contribution in [0.15, 0.2) is 42.6 Å². The van der Waals surface area contributed by atoms with Gasteiger partial charge in [-0.3, -0.25) is 9.59 Å². The van der Waals surface area contributed by atoms with E-state index in [4.69, 9.17) is 4.74 Å². The molecule has 2 fully saturated rings. The van der Waals surface area contributed by atoms with Gasteiger partial charge < -0.3 is 19.4 Å². The number of amides is 2. The molecule has 4 heterocycles. The summed E-state index contributed by atoms with van der Waals surface area (Å²) < 4.78 is 5.19. The molecular formula is C23H25N5O3S. The van der Waals surface area contributed by atoms with Crippen LogP contribution in [0.3, 0.4) is 0 Å². The molecule has 2 aromatic heterocycles. The van der Waals surface area contributed by atoms with Gasteiger partial charge in [0.15, 0.2) is 5.13 Å².